The lowest BCUT2D eigenvalue weighted by Gasteiger charge is -2.21. The van der Waals surface area contributed by atoms with Gasteiger partial charge >= 0.3 is 0 Å². The highest BCUT2D eigenvalue weighted by Crippen LogP contribution is 2.31. The quantitative estimate of drug-likeness (QED) is 0.528. The van der Waals surface area contributed by atoms with Crippen LogP contribution in [-0.4, -0.2) is 49.2 Å². The van der Waals surface area contributed by atoms with Crippen LogP contribution in [0.15, 0.2) is 47.4 Å². The van der Waals surface area contributed by atoms with Crippen LogP contribution in [0, 0.1) is 6.92 Å². The lowest BCUT2D eigenvalue weighted by molar-refractivity contribution is 0.0986. The first-order valence-electron chi connectivity index (χ1n) is 8.96. The first kappa shape index (κ1) is 19.9. The van der Waals surface area contributed by atoms with Gasteiger partial charge in [0.1, 0.15) is 0 Å². The SMILES string of the molecule is CSc1ccc(C(=O)N(CCCN(C)C)c2nc3c(C)cccc3s2)cc1. The fraction of sp³-hybridized carbons (Fsp3) is 0.333. The second-order valence-corrected chi connectivity index (χ2v) is 8.65. The Labute approximate surface area is 169 Å². The molecule has 142 valence electrons. The second-order valence-electron chi connectivity index (χ2n) is 6.76. The molecule has 0 saturated carbocycles. The minimum Gasteiger partial charge on any atom is -0.309 e. The van der Waals surface area contributed by atoms with Gasteiger partial charge in [-0.1, -0.05) is 23.5 Å². The predicted molar refractivity (Wildman–Crippen MR) is 117 cm³/mol. The first-order chi connectivity index (χ1) is 13.0. The van der Waals surface area contributed by atoms with E-state index in [-0.39, 0.29) is 5.91 Å². The molecule has 0 N–H and O–H groups in total. The van der Waals surface area contributed by atoms with Gasteiger partial charge < -0.3 is 4.90 Å². The maximum atomic E-state index is 13.3. The number of amides is 1. The third-order valence-electron chi connectivity index (χ3n) is 4.41. The number of carbonyl (C=O) groups excluding carboxylic acids is 1. The van der Waals surface area contributed by atoms with E-state index in [9.17, 15) is 4.79 Å². The van der Waals surface area contributed by atoms with Crippen LogP contribution in [0.25, 0.3) is 10.2 Å². The lowest BCUT2D eigenvalue weighted by Crippen LogP contribution is -2.33. The van der Waals surface area contributed by atoms with E-state index < -0.39 is 0 Å². The van der Waals surface area contributed by atoms with E-state index in [1.54, 1.807) is 23.1 Å². The Bertz CT molecular complexity index is 919. The second kappa shape index (κ2) is 8.87. The fourth-order valence-corrected chi connectivity index (χ4v) is 4.38. The van der Waals surface area contributed by atoms with E-state index in [0.717, 1.165) is 38.8 Å². The number of carbonyl (C=O) groups is 1. The number of fused-ring (bicyclic) bond motifs is 1. The van der Waals surface area contributed by atoms with Crippen molar-refractivity contribution in [3.05, 3.63) is 53.6 Å². The first-order valence-corrected chi connectivity index (χ1v) is 11.0. The van der Waals surface area contributed by atoms with Crippen LogP contribution in [0.2, 0.25) is 0 Å². The van der Waals surface area contributed by atoms with E-state index in [2.05, 4.69) is 24.0 Å². The summed E-state index contributed by atoms with van der Waals surface area (Å²) < 4.78 is 1.12. The Balaban J connectivity index is 1.93. The molecule has 0 bridgehead atoms. The highest BCUT2D eigenvalue weighted by molar-refractivity contribution is 7.98. The number of thiazole rings is 1. The summed E-state index contributed by atoms with van der Waals surface area (Å²) in [5.74, 6) is 0.0121. The van der Waals surface area contributed by atoms with Crippen LogP contribution in [0.1, 0.15) is 22.3 Å². The summed E-state index contributed by atoms with van der Waals surface area (Å²) in [5, 5.41) is 0.775. The number of aryl methyl sites for hydroxylation is 1. The average Bonchev–Trinajstić information content (AvgIpc) is 3.10. The molecule has 0 radical (unpaired) electrons. The summed E-state index contributed by atoms with van der Waals surface area (Å²) >= 11 is 3.26. The van der Waals surface area contributed by atoms with Gasteiger partial charge in [0.2, 0.25) is 0 Å². The lowest BCUT2D eigenvalue weighted by atomic mass is 10.2. The standard InChI is InChI=1S/C21H25N3OS2/c1-15-7-5-8-18-19(15)22-21(27-18)24(14-6-13-23(2)3)20(25)16-9-11-17(26-4)12-10-16/h5,7-12H,6,13-14H2,1-4H3. The van der Waals surface area contributed by atoms with Gasteiger partial charge in [0.25, 0.3) is 5.91 Å². The summed E-state index contributed by atoms with van der Waals surface area (Å²) in [6, 6.07) is 14.0. The molecule has 0 saturated heterocycles. The predicted octanol–water partition coefficient (Wildman–Crippen LogP) is 4.93. The van der Waals surface area contributed by atoms with Crippen molar-refractivity contribution in [2.75, 3.05) is 38.3 Å². The molecule has 3 aromatic rings. The van der Waals surface area contributed by atoms with Crippen molar-refractivity contribution in [2.45, 2.75) is 18.2 Å². The molecule has 2 aromatic carbocycles. The number of hydrogen-bond acceptors (Lipinski definition) is 5. The molecule has 6 heteroatoms. The monoisotopic (exact) mass is 399 g/mol. The van der Waals surface area contributed by atoms with Gasteiger partial charge in [0.15, 0.2) is 5.13 Å². The molecule has 1 heterocycles. The molecule has 0 unspecified atom stereocenters. The number of nitrogens with zero attached hydrogens (tertiary/aromatic N) is 3. The zero-order chi connectivity index (χ0) is 19.4. The largest absolute Gasteiger partial charge is 0.309 e. The number of hydrogen-bond donors (Lipinski definition) is 0. The molecule has 3 rings (SSSR count). The molecule has 0 aliphatic heterocycles. The van der Waals surface area contributed by atoms with Gasteiger partial charge in [-0.15, -0.1) is 11.8 Å². The number of para-hydroxylation sites is 1. The summed E-state index contributed by atoms with van der Waals surface area (Å²) in [7, 11) is 4.10. The molecule has 27 heavy (non-hydrogen) atoms. The van der Waals surface area contributed by atoms with E-state index >= 15 is 0 Å². The van der Waals surface area contributed by atoms with Crippen LogP contribution in [0.3, 0.4) is 0 Å². The summed E-state index contributed by atoms with van der Waals surface area (Å²) in [6.07, 6.45) is 2.93. The highest BCUT2D eigenvalue weighted by Gasteiger charge is 2.21. The number of thioether (sulfide) groups is 1. The Morgan fingerprint density at radius 1 is 1.11 bits per heavy atom. The van der Waals surface area contributed by atoms with Crippen LogP contribution < -0.4 is 4.90 Å². The summed E-state index contributed by atoms with van der Waals surface area (Å²) in [5.41, 5.74) is 2.83. The number of benzene rings is 2. The van der Waals surface area contributed by atoms with Crippen molar-refractivity contribution in [2.24, 2.45) is 0 Å². The van der Waals surface area contributed by atoms with Crippen molar-refractivity contribution in [1.29, 1.82) is 0 Å². The molecule has 4 nitrogen and oxygen atoms in total. The molecule has 0 aliphatic carbocycles. The van der Waals surface area contributed by atoms with Crippen molar-refractivity contribution in [3.8, 4) is 0 Å². The zero-order valence-corrected chi connectivity index (χ0v) is 17.9. The minimum atomic E-state index is 0.0121. The summed E-state index contributed by atoms with van der Waals surface area (Å²) in [4.78, 5) is 23.2. The van der Waals surface area contributed by atoms with E-state index in [0.29, 0.717) is 12.1 Å². The Morgan fingerprint density at radius 2 is 1.85 bits per heavy atom. The third kappa shape index (κ3) is 4.69. The van der Waals surface area contributed by atoms with Gasteiger partial charge in [0.05, 0.1) is 10.2 Å². The van der Waals surface area contributed by atoms with Gasteiger partial charge in [0, 0.05) is 17.0 Å². The Kier molecular flexibility index (Phi) is 6.52. The third-order valence-corrected chi connectivity index (χ3v) is 6.20. The molecular weight excluding hydrogens is 374 g/mol. The summed E-state index contributed by atoms with van der Waals surface area (Å²) in [6.45, 7) is 3.64. The van der Waals surface area contributed by atoms with Crippen LogP contribution >= 0.6 is 23.1 Å². The molecule has 0 atom stereocenters. The molecule has 0 spiro atoms. The number of aromatic nitrogens is 1. The van der Waals surface area contributed by atoms with Crippen LogP contribution in [-0.2, 0) is 0 Å². The Hall–Kier alpha value is -1.89. The Morgan fingerprint density at radius 3 is 2.48 bits per heavy atom. The molecule has 0 fully saturated rings. The van der Waals surface area contributed by atoms with Gasteiger partial charge in [-0.05, 0) is 76.1 Å². The van der Waals surface area contributed by atoms with Crippen molar-refractivity contribution < 1.29 is 4.79 Å². The van der Waals surface area contributed by atoms with E-state index in [1.807, 2.05) is 55.6 Å². The number of anilines is 1. The average molecular weight is 400 g/mol. The molecular formula is C21H25N3OS2. The van der Waals surface area contributed by atoms with Gasteiger partial charge in [-0.2, -0.15) is 0 Å². The molecule has 1 aromatic heterocycles. The van der Waals surface area contributed by atoms with E-state index in [4.69, 9.17) is 4.98 Å². The van der Waals surface area contributed by atoms with Crippen molar-refractivity contribution in [1.82, 2.24) is 9.88 Å². The van der Waals surface area contributed by atoms with Gasteiger partial charge in [-0.25, -0.2) is 4.98 Å². The molecule has 1 amide bonds. The van der Waals surface area contributed by atoms with Crippen LogP contribution in [0.4, 0.5) is 5.13 Å². The minimum absolute atomic E-state index is 0.0121. The topological polar surface area (TPSA) is 36.4 Å². The molecule has 0 aliphatic rings. The fourth-order valence-electron chi connectivity index (χ4n) is 2.91. The number of rotatable bonds is 7. The van der Waals surface area contributed by atoms with Gasteiger partial charge in [-0.3, -0.25) is 9.69 Å². The van der Waals surface area contributed by atoms with E-state index in [1.165, 1.54) is 0 Å². The normalized spacial score (nSPS) is 11.3. The smallest absolute Gasteiger partial charge is 0.260 e. The zero-order valence-electron chi connectivity index (χ0n) is 16.2. The van der Waals surface area contributed by atoms with Crippen molar-refractivity contribution >= 4 is 44.4 Å². The maximum absolute atomic E-state index is 13.3. The maximum Gasteiger partial charge on any atom is 0.260 e. The highest BCUT2D eigenvalue weighted by atomic mass is 32.2. The van der Waals surface area contributed by atoms with Crippen LogP contribution in [0.5, 0.6) is 0 Å². The van der Waals surface area contributed by atoms with Crippen molar-refractivity contribution in [3.63, 3.8) is 0 Å².